The van der Waals surface area contributed by atoms with Crippen molar-refractivity contribution in [2.45, 2.75) is 50.7 Å². The summed E-state index contributed by atoms with van der Waals surface area (Å²) < 4.78 is 89.6. The Kier molecular flexibility index (Phi) is 7.95. The molecule has 0 unspecified atom stereocenters. The Balaban J connectivity index is 1.27. The Morgan fingerprint density at radius 1 is 1.23 bits per heavy atom. The number of ether oxygens (including phenoxy) is 2. The van der Waals surface area contributed by atoms with E-state index in [-0.39, 0.29) is 56.5 Å². The molecule has 0 aromatic carbocycles. The number of nitrogens with zero attached hydrogens (tertiary/aromatic N) is 4. The zero-order valence-electron chi connectivity index (χ0n) is 20.9. The fraction of sp³-hybridized carbons (Fsp3) is 0.565. The Morgan fingerprint density at radius 3 is 2.67 bits per heavy atom. The van der Waals surface area contributed by atoms with E-state index in [0.717, 1.165) is 18.5 Å². The van der Waals surface area contributed by atoms with E-state index in [4.69, 9.17) is 9.47 Å². The molecule has 0 radical (unpaired) electrons. The highest BCUT2D eigenvalue weighted by Crippen LogP contribution is 2.39. The molecule has 0 bridgehead atoms. The van der Waals surface area contributed by atoms with Gasteiger partial charge in [0.1, 0.15) is 12.2 Å². The minimum atomic E-state index is -4.87. The smallest absolute Gasteiger partial charge is 0.423 e. The number of fused-ring (bicyclic) bond motifs is 3. The molecule has 2 N–H and O–H groups in total. The highest BCUT2D eigenvalue weighted by atomic mass is 19.4. The number of aromatic amines is 1. The molecule has 0 spiro atoms. The van der Waals surface area contributed by atoms with Gasteiger partial charge < -0.3 is 24.6 Å². The maximum absolute atomic E-state index is 13.2. The highest BCUT2D eigenvalue weighted by Gasteiger charge is 2.41. The first-order valence-corrected chi connectivity index (χ1v) is 12.0. The number of H-pyrrole nitrogens is 1. The second-order valence-electron chi connectivity index (χ2n) is 9.42. The number of halogens is 6. The second kappa shape index (κ2) is 10.9. The summed E-state index contributed by atoms with van der Waals surface area (Å²) >= 11 is 0. The summed E-state index contributed by atoms with van der Waals surface area (Å²) in [5.74, 6) is 0.126. The van der Waals surface area contributed by atoms with Crippen molar-refractivity contribution in [1.29, 1.82) is 0 Å². The first-order chi connectivity index (χ1) is 18.3. The Bertz CT molecular complexity index is 1250. The van der Waals surface area contributed by atoms with E-state index in [0.29, 0.717) is 12.4 Å². The maximum Gasteiger partial charge on any atom is 0.423 e. The second-order valence-corrected chi connectivity index (χ2v) is 9.42. The minimum absolute atomic E-state index is 0.00493. The van der Waals surface area contributed by atoms with Crippen LogP contribution in [0.3, 0.4) is 0 Å². The molecule has 2 aromatic rings. The molecule has 16 heteroatoms. The van der Waals surface area contributed by atoms with Crippen molar-refractivity contribution >= 4 is 17.4 Å². The van der Waals surface area contributed by atoms with Crippen molar-refractivity contribution in [2.24, 2.45) is 0 Å². The van der Waals surface area contributed by atoms with Crippen molar-refractivity contribution in [2.75, 3.05) is 43.1 Å². The number of carbonyl (C=O) groups excluding carboxylic acids is 1. The zero-order valence-corrected chi connectivity index (χ0v) is 20.9. The molecule has 2 aromatic heterocycles. The number of alkyl halides is 6. The van der Waals surface area contributed by atoms with Crippen LogP contribution in [0.4, 0.5) is 37.8 Å². The largest absolute Gasteiger partial charge is 0.487 e. The van der Waals surface area contributed by atoms with E-state index in [2.05, 4.69) is 15.4 Å². The predicted molar refractivity (Wildman–Crippen MR) is 125 cm³/mol. The number of piperazine rings is 1. The van der Waals surface area contributed by atoms with Gasteiger partial charge in [-0.15, -0.1) is 0 Å². The van der Waals surface area contributed by atoms with Gasteiger partial charge in [-0.3, -0.25) is 9.59 Å². The number of rotatable bonds is 7. The summed E-state index contributed by atoms with van der Waals surface area (Å²) in [7, 11) is 0. The lowest BCUT2D eigenvalue weighted by atomic mass is 10.0. The van der Waals surface area contributed by atoms with Crippen LogP contribution in [0.2, 0.25) is 0 Å². The molecule has 1 fully saturated rings. The third kappa shape index (κ3) is 6.37. The molecule has 3 atom stereocenters. The third-order valence-electron chi connectivity index (χ3n) is 6.34. The van der Waals surface area contributed by atoms with E-state index in [1.807, 2.05) is 11.8 Å². The van der Waals surface area contributed by atoms with Gasteiger partial charge >= 0.3 is 12.4 Å². The van der Waals surface area contributed by atoms with Crippen molar-refractivity contribution in [3.05, 3.63) is 39.9 Å². The van der Waals surface area contributed by atoms with E-state index in [9.17, 15) is 35.9 Å². The molecule has 1 saturated heterocycles. The molecule has 0 aliphatic carbocycles. The number of nitrogens with one attached hydrogen (secondary N) is 2. The summed E-state index contributed by atoms with van der Waals surface area (Å²) in [6.07, 6.45) is -7.78. The Labute approximate surface area is 218 Å². The van der Waals surface area contributed by atoms with Gasteiger partial charge in [0.15, 0.2) is 11.6 Å². The molecule has 0 saturated carbocycles. The van der Waals surface area contributed by atoms with Crippen LogP contribution in [0.1, 0.15) is 31.4 Å². The molecular weight excluding hydrogens is 538 g/mol. The number of hydrogen-bond donors (Lipinski definition) is 2. The fourth-order valence-electron chi connectivity index (χ4n) is 4.65. The molecular formula is C23H26F6N6O4. The molecule has 2 aliphatic rings. The van der Waals surface area contributed by atoms with Gasteiger partial charge in [0, 0.05) is 31.4 Å². The average molecular weight is 564 g/mol. The predicted octanol–water partition coefficient (Wildman–Crippen LogP) is 2.91. The Hall–Kier alpha value is -3.56. The average Bonchev–Trinajstić information content (AvgIpc) is 2.84. The van der Waals surface area contributed by atoms with Crippen LogP contribution in [-0.4, -0.2) is 77.0 Å². The zero-order chi connectivity index (χ0) is 28.5. The van der Waals surface area contributed by atoms with Crippen molar-refractivity contribution in [1.82, 2.24) is 20.1 Å². The van der Waals surface area contributed by atoms with Gasteiger partial charge in [-0.05, 0) is 19.9 Å². The summed E-state index contributed by atoms with van der Waals surface area (Å²) in [5, 5.41) is 7.70. The van der Waals surface area contributed by atoms with Gasteiger partial charge in [-0.25, -0.2) is 10.1 Å². The van der Waals surface area contributed by atoms with Crippen molar-refractivity contribution in [3.8, 4) is 5.75 Å². The molecule has 10 nitrogen and oxygen atoms in total. The number of pyridine rings is 1. The van der Waals surface area contributed by atoms with Crippen molar-refractivity contribution in [3.63, 3.8) is 0 Å². The molecule has 2 aliphatic heterocycles. The van der Waals surface area contributed by atoms with Gasteiger partial charge in [0.2, 0.25) is 5.91 Å². The fourth-order valence-corrected chi connectivity index (χ4v) is 4.65. The van der Waals surface area contributed by atoms with Crippen LogP contribution in [0.15, 0.2) is 23.3 Å². The first kappa shape index (κ1) is 28.4. The summed E-state index contributed by atoms with van der Waals surface area (Å²) in [5.41, 5.74) is -4.14. The van der Waals surface area contributed by atoms with Gasteiger partial charge in [-0.1, -0.05) is 0 Å². The lowest BCUT2D eigenvalue weighted by Gasteiger charge is -2.48. The van der Waals surface area contributed by atoms with Crippen LogP contribution < -0.4 is 20.5 Å². The van der Waals surface area contributed by atoms with Crippen LogP contribution in [-0.2, 0) is 21.9 Å². The van der Waals surface area contributed by atoms with E-state index >= 15 is 0 Å². The highest BCUT2D eigenvalue weighted by molar-refractivity contribution is 5.77. The molecule has 4 rings (SSSR count). The van der Waals surface area contributed by atoms with Crippen LogP contribution in [0.5, 0.6) is 5.75 Å². The normalized spacial score (nSPS) is 20.1. The van der Waals surface area contributed by atoms with Crippen molar-refractivity contribution < 1.29 is 40.6 Å². The van der Waals surface area contributed by atoms with E-state index < -0.39 is 40.8 Å². The topological polar surface area (TPSA) is 113 Å². The standard InChI is InChI=1S/C23H26F6N6O4/c1-12(32-16-7-31-33-21(37)19(16)23(27,28)29)10-38-4-3-18(36)34-8-13(2)35-15(9-34)11-39-17-5-14(22(24,25)26)6-30-20(17)35/h5-7,12-13,15H,3-4,8-11H2,1-2H3,(H2,32,33,37)/t12-,13-,15-/m0/s1. The summed E-state index contributed by atoms with van der Waals surface area (Å²) in [6, 6.07) is -0.245. The maximum atomic E-state index is 13.2. The monoisotopic (exact) mass is 564 g/mol. The number of carbonyl (C=O) groups is 1. The van der Waals surface area contributed by atoms with E-state index in [1.54, 1.807) is 16.9 Å². The molecule has 39 heavy (non-hydrogen) atoms. The number of amides is 1. The summed E-state index contributed by atoms with van der Waals surface area (Å²) in [6.45, 7) is 4.02. The van der Waals surface area contributed by atoms with Gasteiger partial charge in [0.05, 0.1) is 43.1 Å². The molecule has 4 heterocycles. The quantitative estimate of drug-likeness (QED) is 0.390. The number of aromatic nitrogens is 3. The number of anilines is 2. The molecule has 1 amide bonds. The minimum Gasteiger partial charge on any atom is -0.487 e. The lowest BCUT2D eigenvalue weighted by Crippen LogP contribution is -2.62. The van der Waals surface area contributed by atoms with Crippen LogP contribution in [0, 0.1) is 0 Å². The van der Waals surface area contributed by atoms with Gasteiger partial charge in [-0.2, -0.15) is 31.4 Å². The lowest BCUT2D eigenvalue weighted by molar-refractivity contribution is -0.138. The third-order valence-corrected chi connectivity index (χ3v) is 6.34. The first-order valence-electron chi connectivity index (χ1n) is 12.0. The number of hydrogen-bond acceptors (Lipinski definition) is 8. The van der Waals surface area contributed by atoms with Crippen LogP contribution in [0.25, 0.3) is 0 Å². The van der Waals surface area contributed by atoms with Crippen LogP contribution >= 0.6 is 0 Å². The van der Waals surface area contributed by atoms with E-state index in [1.165, 1.54) is 0 Å². The SMILES string of the molecule is C[C@@H](COCCC(=O)N1C[C@H]2COc3cc(C(F)(F)F)cnc3N2[C@@H](C)C1)Nc1cn[nH]c(=O)c1C(F)(F)F. The molecule has 214 valence electrons. The summed E-state index contributed by atoms with van der Waals surface area (Å²) in [4.78, 5) is 31.8. The Morgan fingerprint density at radius 2 is 1.97 bits per heavy atom. The van der Waals surface area contributed by atoms with Gasteiger partial charge in [0.25, 0.3) is 5.56 Å².